The van der Waals surface area contributed by atoms with Crippen LogP contribution in [-0.2, 0) is 6.54 Å². The zero-order valence-corrected chi connectivity index (χ0v) is 18.4. The van der Waals surface area contributed by atoms with Crippen molar-refractivity contribution in [3.05, 3.63) is 75.8 Å². The van der Waals surface area contributed by atoms with Gasteiger partial charge in [-0.15, -0.1) is 0 Å². The molecule has 4 rings (SSSR count). The number of benzene rings is 1. The second-order valence-electron chi connectivity index (χ2n) is 7.06. The summed E-state index contributed by atoms with van der Waals surface area (Å²) in [6, 6.07) is 8.43. The minimum atomic E-state index is -4.51. The Labute approximate surface area is 195 Å². The van der Waals surface area contributed by atoms with Gasteiger partial charge in [0.2, 0.25) is 0 Å². The summed E-state index contributed by atoms with van der Waals surface area (Å²) in [4.78, 5) is 23.1. The standard InChI is InChI=1S/C21H17F3N6O3S/c1-32-16-4-2-13(3-5-16)10-29-11-14(7-27-29)17-6-18(31)30(20(34)28-17)15-8-25-19(26-9-15)33-12-21(22,23)24/h2-9,11H,10,12H2,1H3,(H,28,34). The topological polar surface area (TPSA) is 99.9 Å². The molecule has 13 heteroatoms. The maximum absolute atomic E-state index is 12.7. The van der Waals surface area contributed by atoms with Crippen LogP contribution in [0, 0.1) is 4.77 Å². The van der Waals surface area contributed by atoms with E-state index >= 15 is 0 Å². The number of H-pyrrole nitrogens is 1. The van der Waals surface area contributed by atoms with Crippen LogP contribution in [0.5, 0.6) is 11.8 Å². The molecular formula is C21H17F3N6O3S. The van der Waals surface area contributed by atoms with Gasteiger partial charge in [0, 0.05) is 17.8 Å². The van der Waals surface area contributed by atoms with Gasteiger partial charge in [0.1, 0.15) is 5.75 Å². The molecule has 0 atom stereocenters. The Bertz CT molecular complexity index is 1360. The lowest BCUT2D eigenvalue weighted by Gasteiger charge is -2.09. The molecular weight excluding hydrogens is 473 g/mol. The van der Waals surface area contributed by atoms with E-state index in [2.05, 4.69) is 24.8 Å². The van der Waals surface area contributed by atoms with Crippen LogP contribution in [0.15, 0.2) is 59.9 Å². The van der Waals surface area contributed by atoms with E-state index in [0.717, 1.165) is 28.3 Å². The lowest BCUT2D eigenvalue weighted by molar-refractivity contribution is -0.154. The van der Waals surface area contributed by atoms with Crippen LogP contribution in [0.1, 0.15) is 5.56 Å². The minimum Gasteiger partial charge on any atom is -0.497 e. The quantitative estimate of drug-likeness (QED) is 0.396. The number of hydrogen-bond acceptors (Lipinski definition) is 7. The monoisotopic (exact) mass is 490 g/mol. The van der Waals surface area contributed by atoms with E-state index in [1.54, 1.807) is 24.2 Å². The number of rotatable bonds is 7. The molecule has 3 heterocycles. The van der Waals surface area contributed by atoms with Crippen LogP contribution >= 0.6 is 12.2 Å². The first-order valence-corrected chi connectivity index (χ1v) is 10.2. The van der Waals surface area contributed by atoms with Gasteiger partial charge in [-0.05, 0) is 29.9 Å². The van der Waals surface area contributed by atoms with Crippen molar-refractivity contribution in [2.24, 2.45) is 0 Å². The highest BCUT2D eigenvalue weighted by molar-refractivity contribution is 7.71. The molecule has 0 bridgehead atoms. The van der Waals surface area contributed by atoms with Crippen molar-refractivity contribution in [2.45, 2.75) is 12.7 Å². The van der Waals surface area contributed by atoms with Gasteiger partial charge < -0.3 is 14.5 Å². The smallest absolute Gasteiger partial charge is 0.422 e. The molecule has 1 aromatic carbocycles. The van der Waals surface area contributed by atoms with Crippen LogP contribution in [0.2, 0.25) is 0 Å². The second kappa shape index (κ2) is 9.47. The fourth-order valence-electron chi connectivity index (χ4n) is 3.05. The van der Waals surface area contributed by atoms with Crippen molar-refractivity contribution < 1.29 is 22.6 Å². The number of ether oxygens (including phenoxy) is 2. The van der Waals surface area contributed by atoms with E-state index in [1.165, 1.54) is 6.07 Å². The van der Waals surface area contributed by atoms with Crippen LogP contribution in [0.25, 0.3) is 16.9 Å². The summed E-state index contributed by atoms with van der Waals surface area (Å²) in [5.74, 6) is 0.756. The highest BCUT2D eigenvalue weighted by Gasteiger charge is 2.29. The summed E-state index contributed by atoms with van der Waals surface area (Å²) in [5, 5.41) is 4.32. The lowest BCUT2D eigenvalue weighted by Crippen LogP contribution is -2.21. The molecule has 0 radical (unpaired) electrons. The van der Waals surface area contributed by atoms with Gasteiger partial charge in [-0.3, -0.25) is 14.0 Å². The Hall–Kier alpha value is -4.00. The van der Waals surface area contributed by atoms with Crippen molar-refractivity contribution in [3.63, 3.8) is 0 Å². The van der Waals surface area contributed by atoms with E-state index in [4.69, 9.17) is 17.0 Å². The summed E-state index contributed by atoms with van der Waals surface area (Å²) in [5.41, 5.74) is 1.82. The highest BCUT2D eigenvalue weighted by atomic mass is 32.1. The number of alkyl halides is 3. The summed E-state index contributed by atoms with van der Waals surface area (Å²) in [6.45, 7) is -1.00. The predicted octanol–water partition coefficient (Wildman–Crippen LogP) is 3.55. The molecule has 9 nitrogen and oxygen atoms in total. The Balaban J connectivity index is 1.53. The SMILES string of the molecule is COc1ccc(Cn2cc(-c3cc(=O)n(-c4cnc(OCC(F)(F)F)nc4)c(=S)[nH]3)cn2)cc1. The first-order valence-electron chi connectivity index (χ1n) is 9.76. The van der Waals surface area contributed by atoms with Gasteiger partial charge in [0.05, 0.1) is 43.6 Å². The van der Waals surface area contributed by atoms with E-state index in [1.807, 2.05) is 24.3 Å². The number of methoxy groups -OCH3 is 1. The summed E-state index contributed by atoms with van der Waals surface area (Å²) >= 11 is 5.31. The largest absolute Gasteiger partial charge is 0.497 e. The molecule has 0 unspecified atom stereocenters. The maximum atomic E-state index is 12.7. The average molecular weight is 490 g/mol. The van der Waals surface area contributed by atoms with Gasteiger partial charge >= 0.3 is 12.2 Å². The Morgan fingerprint density at radius 2 is 1.82 bits per heavy atom. The first kappa shape index (κ1) is 23.2. The van der Waals surface area contributed by atoms with Crippen molar-refractivity contribution in [3.8, 4) is 28.7 Å². The van der Waals surface area contributed by atoms with Gasteiger partial charge in [-0.1, -0.05) is 12.1 Å². The summed E-state index contributed by atoms with van der Waals surface area (Å²) < 4.78 is 49.3. The molecule has 0 aliphatic heterocycles. The Morgan fingerprint density at radius 1 is 1.12 bits per heavy atom. The van der Waals surface area contributed by atoms with Gasteiger partial charge in [-0.25, -0.2) is 9.97 Å². The molecule has 34 heavy (non-hydrogen) atoms. The number of aromatic amines is 1. The van der Waals surface area contributed by atoms with E-state index in [9.17, 15) is 18.0 Å². The number of hydrogen-bond donors (Lipinski definition) is 1. The molecule has 0 saturated heterocycles. The van der Waals surface area contributed by atoms with Crippen molar-refractivity contribution >= 4 is 12.2 Å². The third-order valence-electron chi connectivity index (χ3n) is 4.62. The van der Waals surface area contributed by atoms with Crippen LogP contribution in [0.3, 0.4) is 0 Å². The predicted molar refractivity (Wildman–Crippen MR) is 118 cm³/mol. The van der Waals surface area contributed by atoms with Crippen molar-refractivity contribution in [2.75, 3.05) is 13.7 Å². The molecule has 0 amide bonds. The number of nitrogens with one attached hydrogen (secondary N) is 1. The van der Waals surface area contributed by atoms with E-state index in [-0.39, 0.29) is 10.5 Å². The van der Waals surface area contributed by atoms with Gasteiger partial charge in [0.15, 0.2) is 11.4 Å². The fourth-order valence-corrected chi connectivity index (χ4v) is 3.35. The van der Waals surface area contributed by atoms with E-state index < -0.39 is 24.4 Å². The lowest BCUT2D eigenvalue weighted by atomic mass is 10.2. The third-order valence-corrected chi connectivity index (χ3v) is 4.90. The highest BCUT2D eigenvalue weighted by Crippen LogP contribution is 2.18. The summed E-state index contributed by atoms with van der Waals surface area (Å²) in [7, 11) is 1.60. The molecule has 0 spiro atoms. The fraction of sp³-hybridized carbons (Fsp3) is 0.190. The number of aromatic nitrogens is 6. The molecule has 1 N–H and O–H groups in total. The number of halogens is 3. The van der Waals surface area contributed by atoms with Crippen LogP contribution in [-0.4, -0.2) is 49.2 Å². The molecule has 176 valence electrons. The normalized spacial score (nSPS) is 11.4. The third kappa shape index (κ3) is 5.49. The van der Waals surface area contributed by atoms with E-state index in [0.29, 0.717) is 17.8 Å². The van der Waals surface area contributed by atoms with Gasteiger partial charge in [0.25, 0.3) is 5.56 Å². The second-order valence-corrected chi connectivity index (χ2v) is 7.45. The summed E-state index contributed by atoms with van der Waals surface area (Å²) in [6.07, 6.45) is 1.15. The number of nitrogens with zero attached hydrogens (tertiary/aromatic N) is 5. The van der Waals surface area contributed by atoms with Crippen LogP contribution in [0.4, 0.5) is 13.2 Å². The zero-order chi connectivity index (χ0) is 24.3. The average Bonchev–Trinajstić information content (AvgIpc) is 3.26. The minimum absolute atomic E-state index is 0.0537. The molecule has 0 aliphatic rings. The molecule has 0 saturated carbocycles. The molecule has 0 aliphatic carbocycles. The molecule has 4 aromatic rings. The first-order chi connectivity index (χ1) is 16.2. The van der Waals surface area contributed by atoms with Crippen LogP contribution < -0.4 is 15.0 Å². The van der Waals surface area contributed by atoms with Crippen molar-refractivity contribution in [1.82, 2.24) is 29.3 Å². The van der Waals surface area contributed by atoms with Gasteiger partial charge in [-0.2, -0.15) is 18.3 Å². The maximum Gasteiger partial charge on any atom is 0.422 e. The Morgan fingerprint density at radius 3 is 2.44 bits per heavy atom. The zero-order valence-electron chi connectivity index (χ0n) is 17.6. The van der Waals surface area contributed by atoms with Crippen molar-refractivity contribution in [1.29, 1.82) is 0 Å². The Kier molecular flexibility index (Phi) is 6.45. The molecule has 0 fully saturated rings. The molecule has 3 aromatic heterocycles.